The molecule has 0 saturated carbocycles. The first kappa shape index (κ1) is 17.4. The number of hydrogen-bond acceptors (Lipinski definition) is 4. The Labute approximate surface area is 157 Å². The minimum Gasteiger partial charge on any atom is -0.508 e. The summed E-state index contributed by atoms with van der Waals surface area (Å²) < 4.78 is 11.1. The van der Waals surface area contributed by atoms with E-state index in [0.717, 1.165) is 40.5 Å². The number of hydrogen-bond donors (Lipinski definition) is 1. The van der Waals surface area contributed by atoms with Gasteiger partial charge in [-0.3, -0.25) is 0 Å². The SMILES string of the molecule is C=C(CCc1ccc2c(=O)oc3cc(O)ccc3c2c1)C1=CC(C)(C)CO1. The van der Waals surface area contributed by atoms with Crippen LogP contribution in [0, 0.1) is 5.41 Å². The van der Waals surface area contributed by atoms with Gasteiger partial charge in [0.2, 0.25) is 0 Å². The summed E-state index contributed by atoms with van der Waals surface area (Å²) in [4.78, 5) is 12.2. The molecule has 1 N–H and O–H groups in total. The zero-order valence-electron chi connectivity index (χ0n) is 15.5. The van der Waals surface area contributed by atoms with Gasteiger partial charge in [-0.2, -0.15) is 0 Å². The summed E-state index contributed by atoms with van der Waals surface area (Å²) in [6.45, 7) is 9.14. The van der Waals surface area contributed by atoms with Crippen LogP contribution in [0.25, 0.3) is 21.7 Å². The molecule has 0 atom stereocenters. The molecule has 0 bridgehead atoms. The molecule has 0 amide bonds. The summed E-state index contributed by atoms with van der Waals surface area (Å²) >= 11 is 0. The van der Waals surface area contributed by atoms with E-state index in [1.807, 2.05) is 12.1 Å². The largest absolute Gasteiger partial charge is 0.508 e. The van der Waals surface area contributed by atoms with Gasteiger partial charge in [-0.05, 0) is 48.3 Å². The fourth-order valence-electron chi connectivity index (χ4n) is 3.45. The molecule has 0 saturated heterocycles. The number of fused-ring (bicyclic) bond motifs is 3. The number of phenolic OH excluding ortho intramolecular Hbond substituents is 1. The van der Waals surface area contributed by atoms with Crippen molar-refractivity contribution in [3.8, 4) is 5.75 Å². The van der Waals surface area contributed by atoms with E-state index >= 15 is 0 Å². The highest BCUT2D eigenvalue weighted by atomic mass is 16.5. The summed E-state index contributed by atoms with van der Waals surface area (Å²) in [5.74, 6) is 0.965. The van der Waals surface area contributed by atoms with Gasteiger partial charge in [0.15, 0.2) is 0 Å². The first-order valence-electron chi connectivity index (χ1n) is 9.05. The fourth-order valence-corrected chi connectivity index (χ4v) is 3.45. The number of phenols is 1. The lowest BCUT2D eigenvalue weighted by Crippen LogP contribution is -2.08. The maximum Gasteiger partial charge on any atom is 0.344 e. The van der Waals surface area contributed by atoms with Crippen LogP contribution in [0.5, 0.6) is 5.75 Å². The van der Waals surface area contributed by atoms with Crippen LogP contribution in [0.1, 0.15) is 25.8 Å². The molecule has 4 nitrogen and oxygen atoms in total. The Bertz CT molecular complexity index is 1150. The minimum absolute atomic E-state index is 0.0553. The van der Waals surface area contributed by atoms with Gasteiger partial charge in [-0.1, -0.05) is 32.6 Å². The molecule has 1 aromatic heterocycles. The second-order valence-corrected chi connectivity index (χ2v) is 7.84. The van der Waals surface area contributed by atoms with Crippen molar-refractivity contribution in [2.75, 3.05) is 6.61 Å². The molecule has 1 aliphatic heterocycles. The second-order valence-electron chi connectivity index (χ2n) is 7.84. The summed E-state index contributed by atoms with van der Waals surface area (Å²) in [5, 5.41) is 11.8. The van der Waals surface area contributed by atoms with Crippen LogP contribution in [0.2, 0.25) is 0 Å². The Kier molecular flexibility index (Phi) is 4.06. The van der Waals surface area contributed by atoms with Gasteiger partial charge < -0.3 is 14.3 Å². The summed E-state index contributed by atoms with van der Waals surface area (Å²) in [6.07, 6.45) is 3.73. The normalized spacial score (nSPS) is 15.7. The van der Waals surface area contributed by atoms with E-state index in [1.54, 1.807) is 18.2 Å². The molecule has 2 aromatic carbocycles. The molecule has 0 fully saturated rings. The number of benzene rings is 2. The summed E-state index contributed by atoms with van der Waals surface area (Å²) in [7, 11) is 0. The zero-order chi connectivity index (χ0) is 19.2. The van der Waals surface area contributed by atoms with Crippen molar-refractivity contribution in [3.05, 3.63) is 76.4 Å². The average molecular weight is 362 g/mol. The van der Waals surface area contributed by atoms with Crippen molar-refractivity contribution in [3.63, 3.8) is 0 Å². The van der Waals surface area contributed by atoms with Gasteiger partial charge in [-0.15, -0.1) is 0 Å². The minimum atomic E-state index is -0.397. The van der Waals surface area contributed by atoms with Gasteiger partial charge >= 0.3 is 5.63 Å². The van der Waals surface area contributed by atoms with E-state index in [4.69, 9.17) is 9.15 Å². The first-order valence-corrected chi connectivity index (χ1v) is 9.05. The summed E-state index contributed by atoms with van der Waals surface area (Å²) in [6, 6.07) is 10.6. The quantitative estimate of drug-likeness (QED) is 0.519. The smallest absolute Gasteiger partial charge is 0.344 e. The lowest BCUT2D eigenvalue weighted by molar-refractivity contribution is 0.190. The van der Waals surface area contributed by atoms with Gasteiger partial charge in [0.05, 0.1) is 12.0 Å². The van der Waals surface area contributed by atoms with E-state index in [1.165, 1.54) is 6.07 Å². The van der Waals surface area contributed by atoms with E-state index in [2.05, 4.69) is 26.5 Å². The average Bonchev–Trinajstić information content (AvgIpc) is 2.99. The third-order valence-electron chi connectivity index (χ3n) is 4.95. The maximum atomic E-state index is 12.2. The predicted octanol–water partition coefficient (Wildman–Crippen LogP) is 5.08. The van der Waals surface area contributed by atoms with Gasteiger partial charge in [0, 0.05) is 22.3 Å². The number of ether oxygens (including phenoxy) is 1. The van der Waals surface area contributed by atoms with Crippen LogP contribution >= 0.6 is 0 Å². The van der Waals surface area contributed by atoms with E-state index in [-0.39, 0.29) is 11.2 Å². The van der Waals surface area contributed by atoms with Crippen molar-refractivity contribution in [2.45, 2.75) is 26.7 Å². The van der Waals surface area contributed by atoms with Gasteiger partial charge in [-0.25, -0.2) is 4.79 Å². The van der Waals surface area contributed by atoms with Crippen molar-refractivity contribution in [1.82, 2.24) is 0 Å². The molecule has 4 heteroatoms. The standard InChI is InChI=1S/C23H22O4/c1-14(21-12-23(2,3)13-26-21)4-5-15-6-8-18-19(10-15)17-9-7-16(24)11-20(17)27-22(18)25/h6-12,24H,1,4-5,13H2,2-3H3. The van der Waals surface area contributed by atoms with Crippen molar-refractivity contribution < 1.29 is 14.3 Å². The molecule has 27 heavy (non-hydrogen) atoms. The highest BCUT2D eigenvalue weighted by Gasteiger charge is 2.25. The highest BCUT2D eigenvalue weighted by Crippen LogP contribution is 2.32. The molecule has 4 rings (SSSR count). The molecule has 3 aromatic rings. The topological polar surface area (TPSA) is 59.7 Å². The van der Waals surface area contributed by atoms with Gasteiger partial charge in [0.25, 0.3) is 0 Å². The van der Waals surface area contributed by atoms with Crippen LogP contribution in [-0.2, 0) is 11.2 Å². The molecule has 2 heterocycles. The Hall–Kier alpha value is -3.01. The van der Waals surface area contributed by atoms with Crippen LogP contribution in [-0.4, -0.2) is 11.7 Å². The molecular weight excluding hydrogens is 340 g/mol. The Morgan fingerprint density at radius 2 is 1.93 bits per heavy atom. The Morgan fingerprint density at radius 3 is 2.67 bits per heavy atom. The Balaban J connectivity index is 1.64. The molecule has 0 unspecified atom stereocenters. The van der Waals surface area contributed by atoms with Crippen LogP contribution in [0.4, 0.5) is 0 Å². The van der Waals surface area contributed by atoms with E-state index < -0.39 is 5.63 Å². The van der Waals surface area contributed by atoms with Crippen LogP contribution in [0.3, 0.4) is 0 Å². The lowest BCUT2D eigenvalue weighted by atomic mass is 9.94. The van der Waals surface area contributed by atoms with E-state index in [9.17, 15) is 9.90 Å². The zero-order valence-corrected chi connectivity index (χ0v) is 15.5. The molecule has 0 aliphatic carbocycles. The summed E-state index contributed by atoms with van der Waals surface area (Å²) in [5.41, 5.74) is 2.15. The number of rotatable bonds is 4. The van der Waals surface area contributed by atoms with Crippen LogP contribution in [0.15, 0.2) is 69.6 Å². The first-order chi connectivity index (χ1) is 12.8. The molecular formula is C23H22O4. The van der Waals surface area contributed by atoms with Crippen LogP contribution < -0.4 is 5.63 Å². The molecule has 1 aliphatic rings. The third kappa shape index (κ3) is 3.35. The lowest BCUT2D eigenvalue weighted by Gasteiger charge is -2.10. The highest BCUT2D eigenvalue weighted by molar-refractivity contribution is 6.04. The van der Waals surface area contributed by atoms with Crippen molar-refractivity contribution in [2.24, 2.45) is 5.41 Å². The second kappa shape index (κ2) is 6.31. The monoisotopic (exact) mass is 362 g/mol. The van der Waals surface area contributed by atoms with Crippen molar-refractivity contribution >= 4 is 21.7 Å². The molecule has 138 valence electrons. The van der Waals surface area contributed by atoms with Gasteiger partial charge in [0.1, 0.15) is 17.1 Å². The molecule has 0 radical (unpaired) electrons. The predicted molar refractivity (Wildman–Crippen MR) is 107 cm³/mol. The van der Waals surface area contributed by atoms with E-state index in [0.29, 0.717) is 17.6 Å². The number of aryl methyl sites for hydroxylation is 1. The third-order valence-corrected chi connectivity index (χ3v) is 4.95. The fraction of sp³-hybridized carbons (Fsp3) is 0.261. The van der Waals surface area contributed by atoms with Crippen molar-refractivity contribution in [1.29, 1.82) is 0 Å². The maximum absolute atomic E-state index is 12.2. The number of allylic oxidation sites excluding steroid dienone is 1. The number of aromatic hydroxyl groups is 1. The molecule has 0 spiro atoms. The Morgan fingerprint density at radius 1 is 1.15 bits per heavy atom.